The summed E-state index contributed by atoms with van der Waals surface area (Å²) < 4.78 is 6.51. The number of ether oxygens (including phenoxy) is 1. The Bertz CT molecular complexity index is 1040. The smallest absolute Gasteiger partial charge is 0.335 e. The molecule has 0 bridgehead atoms. The van der Waals surface area contributed by atoms with E-state index in [1.54, 1.807) is 29.8 Å². The maximum absolute atomic E-state index is 11.4. The van der Waals surface area contributed by atoms with Crippen LogP contribution in [0.25, 0.3) is 20.3 Å². The van der Waals surface area contributed by atoms with Gasteiger partial charge in [-0.2, -0.15) is 0 Å². The highest BCUT2D eigenvalue weighted by molar-refractivity contribution is 7.25. The van der Waals surface area contributed by atoms with Crippen molar-refractivity contribution in [3.8, 4) is 0 Å². The van der Waals surface area contributed by atoms with Gasteiger partial charge in [0.05, 0.1) is 24.2 Å². The number of hydrogen-bond donors (Lipinski definition) is 2. The molecular formula is C23H30N4O3S. The highest BCUT2D eigenvalue weighted by Crippen LogP contribution is 2.37. The molecule has 1 aliphatic heterocycles. The standard InChI is InChI=1S/C21H24N4O3S.C2H6/c26-21(27)13-1-6-17-16(11-13)18-19(22-12-23-20(18)29-17)24-14-2-4-15(5-3-14)25-7-9-28-10-8-25;1-2/h1,6,11-12,14-15H,2-5,7-10H2,(H,26,27)(H,22,23,24);1-2H3. The van der Waals surface area contributed by atoms with Crippen molar-refractivity contribution >= 4 is 43.4 Å². The van der Waals surface area contributed by atoms with Crippen molar-refractivity contribution in [2.75, 3.05) is 31.6 Å². The largest absolute Gasteiger partial charge is 0.478 e. The van der Waals surface area contributed by atoms with Crippen molar-refractivity contribution in [1.82, 2.24) is 14.9 Å². The third kappa shape index (κ3) is 4.66. The van der Waals surface area contributed by atoms with E-state index >= 15 is 0 Å². The van der Waals surface area contributed by atoms with Crippen LogP contribution in [0.15, 0.2) is 24.5 Å². The first-order chi connectivity index (χ1) is 15.2. The van der Waals surface area contributed by atoms with Crippen LogP contribution in [-0.2, 0) is 4.74 Å². The number of carboxylic acids is 1. The topological polar surface area (TPSA) is 87.6 Å². The van der Waals surface area contributed by atoms with Gasteiger partial charge in [0.25, 0.3) is 0 Å². The minimum atomic E-state index is -0.918. The van der Waals surface area contributed by atoms with Gasteiger partial charge in [-0.25, -0.2) is 14.8 Å². The van der Waals surface area contributed by atoms with Crippen LogP contribution >= 0.6 is 11.3 Å². The molecule has 3 heterocycles. The molecule has 31 heavy (non-hydrogen) atoms. The molecule has 2 N–H and O–H groups in total. The zero-order chi connectivity index (χ0) is 21.8. The summed E-state index contributed by atoms with van der Waals surface area (Å²) in [6.45, 7) is 7.78. The second-order valence-corrected chi connectivity index (χ2v) is 8.85. The number of aromatic nitrogens is 2. The van der Waals surface area contributed by atoms with E-state index in [-0.39, 0.29) is 5.56 Å². The van der Waals surface area contributed by atoms with Crippen molar-refractivity contribution in [2.24, 2.45) is 0 Å². The van der Waals surface area contributed by atoms with Gasteiger partial charge < -0.3 is 15.2 Å². The number of morpholine rings is 1. The number of nitrogens with zero attached hydrogens (tertiary/aromatic N) is 3. The van der Waals surface area contributed by atoms with E-state index in [4.69, 9.17) is 4.74 Å². The van der Waals surface area contributed by atoms with Gasteiger partial charge in [0, 0.05) is 35.3 Å². The Morgan fingerprint density at radius 2 is 1.90 bits per heavy atom. The molecule has 0 unspecified atom stereocenters. The quantitative estimate of drug-likeness (QED) is 0.609. The van der Waals surface area contributed by atoms with E-state index in [1.165, 1.54) is 12.8 Å². The minimum absolute atomic E-state index is 0.290. The number of benzene rings is 1. The van der Waals surface area contributed by atoms with Crippen LogP contribution in [0.5, 0.6) is 0 Å². The number of aromatic carboxylic acids is 1. The number of anilines is 1. The van der Waals surface area contributed by atoms with E-state index in [0.717, 1.165) is 65.3 Å². The fourth-order valence-corrected chi connectivity index (χ4v) is 5.60. The van der Waals surface area contributed by atoms with Gasteiger partial charge in [-0.3, -0.25) is 4.90 Å². The molecule has 2 aromatic heterocycles. The predicted octanol–water partition coefficient (Wildman–Crippen LogP) is 4.62. The molecule has 166 valence electrons. The third-order valence-corrected chi connectivity index (χ3v) is 7.19. The summed E-state index contributed by atoms with van der Waals surface area (Å²) in [5, 5.41) is 14.8. The number of carbonyl (C=O) groups is 1. The zero-order valence-corrected chi connectivity index (χ0v) is 19.0. The Hall–Kier alpha value is -2.29. The molecule has 2 aliphatic rings. The van der Waals surface area contributed by atoms with Gasteiger partial charge in [0.15, 0.2) is 0 Å². The summed E-state index contributed by atoms with van der Waals surface area (Å²) in [7, 11) is 0. The van der Waals surface area contributed by atoms with Crippen LogP contribution in [0.3, 0.4) is 0 Å². The van der Waals surface area contributed by atoms with Gasteiger partial charge in [-0.15, -0.1) is 11.3 Å². The fraction of sp³-hybridized carbons (Fsp3) is 0.522. The molecule has 1 saturated carbocycles. The van der Waals surface area contributed by atoms with Crippen LogP contribution in [0, 0.1) is 0 Å². The summed E-state index contributed by atoms with van der Waals surface area (Å²) in [6.07, 6.45) is 6.17. The van der Waals surface area contributed by atoms with E-state index < -0.39 is 5.97 Å². The maximum atomic E-state index is 11.4. The van der Waals surface area contributed by atoms with Gasteiger partial charge in [-0.05, 0) is 43.9 Å². The molecule has 5 rings (SSSR count). The fourth-order valence-electron chi connectivity index (χ4n) is 4.57. The lowest BCUT2D eigenvalue weighted by Gasteiger charge is -2.39. The summed E-state index contributed by atoms with van der Waals surface area (Å²) >= 11 is 1.57. The number of thiophene rings is 1. The van der Waals surface area contributed by atoms with Crippen LogP contribution in [-0.4, -0.2) is 64.3 Å². The van der Waals surface area contributed by atoms with E-state index in [1.807, 2.05) is 19.9 Å². The Kier molecular flexibility index (Phi) is 6.99. The lowest BCUT2D eigenvalue weighted by atomic mass is 9.90. The summed E-state index contributed by atoms with van der Waals surface area (Å²) in [6, 6.07) is 6.28. The summed E-state index contributed by atoms with van der Waals surface area (Å²) in [5.41, 5.74) is 0.290. The number of rotatable bonds is 4. The lowest BCUT2D eigenvalue weighted by molar-refractivity contribution is 0.00791. The van der Waals surface area contributed by atoms with Crippen molar-refractivity contribution < 1.29 is 14.6 Å². The first kappa shape index (κ1) is 21.9. The van der Waals surface area contributed by atoms with Crippen molar-refractivity contribution in [3.63, 3.8) is 0 Å². The molecule has 0 atom stereocenters. The number of nitrogens with one attached hydrogen (secondary N) is 1. The first-order valence-corrected chi connectivity index (χ1v) is 12.0. The van der Waals surface area contributed by atoms with Gasteiger partial charge >= 0.3 is 5.97 Å². The molecule has 0 amide bonds. The second-order valence-electron chi connectivity index (χ2n) is 7.82. The SMILES string of the molecule is CC.O=C(O)c1ccc2sc3ncnc(NC4CCC(N5CCOCC5)CC4)c3c2c1. The van der Waals surface area contributed by atoms with E-state index in [2.05, 4.69) is 20.2 Å². The normalized spacial score (nSPS) is 22.1. The van der Waals surface area contributed by atoms with Crippen molar-refractivity contribution in [3.05, 3.63) is 30.1 Å². The molecule has 1 aliphatic carbocycles. The Balaban J connectivity index is 0.00000112. The number of hydrogen-bond acceptors (Lipinski definition) is 7. The molecule has 8 heteroatoms. The summed E-state index contributed by atoms with van der Waals surface area (Å²) in [4.78, 5) is 23.8. The molecule has 0 spiro atoms. The Labute approximate surface area is 186 Å². The van der Waals surface area contributed by atoms with Crippen LogP contribution in [0.1, 0.15) is 49.9 Å². The van der Waals surface area contributed by atoms with Crippen LogP contribution in [0.2, 0.25) is 0 Å². The highest BCUT2D eigenvalue weighted by Gasteiger charge is 2.27. The monoisotopic (exact) mass is 442 g/mol. The van der Waals surface area contributed by atoms with Crippen molar-refractivity contribution in [2.45, 2.75) is 51.6 Å². The number of carboxylic acid groups (broad SMARTS) is 1. The second kappa shape index (κ2) is 9.89. The molecular weight excluding hydrogens is 412 g/mol. The third-order valence-electron chi connectivity index (χ3n) is 6.11. The van der Waals surface area contributed by atoms with E-state index in [9.17, 15) is 9.90 Å². The maximum Gasteiger partial charge on any atom is 0.335 e. The van der Waals surface area contributed by atoms with Crippen molar-refractivity contribution in [1.29, 1.82) is 0 Å². The lowest BCUT2D eigenvalue weighted by Crippen LogP contribution is -2.46. The molecule has 3 aromatic rings. The van der Waals surface area contributed by atoms with Gasteiger partial charge in [0.1, 0.15) is 17.0 Å². The van der Waals surface area contributed by atoms with Crippen LogP contribution < -0.4 is 5.32 Å². The average molecular weight is 443 g/mol. The average Bonchev–Trinajstić information content (AvgIpc) is 3.20. The van der Waals surface area contributed by atoms with E-state index in [0.29, 0.717) is 12.1 Å². The summed E-state index contributed by atoms with van der Waals surface area (Å²) in [5.74, 6) is -0.0994. The molecule has 1 saturated heterocycles. The molecule has 2 fully saturated rings. The first-order valence-electron chi connectivity index (χ1n) is 11.2. The predicted molar refractivity (Wildman–Crippen MR) is 125 cm³/mol. The number of fused-ring (bicyclic) bond motifs is 3. The van der Waals surface area contributed by atoms with Gasteiger partial charge in [0.2, 0.25) is 0 Å². The van der Waals surface area contributed by atoms with Crippen LogP contribution in [0.4, 0.5) is 5.82 Å². The van der Waals surface area contributed by atoms with Gasteiger partial charge in [-0.1, -0.05) is 13.8 Å². The molecule has 7 nitrogen and oxygen atoms in total. The molecule has 0 radical (unpaired) electrons. The highest BCUT2D eigenvalue weighted by atomic mass is 32.1. The minimum Gasteiger partial charge on any atom is -0.478 e. The Morgan fingerprint density at radius 3 is 2.61 bits per heavy atom. The Morgan fingerprint density at radius 1 is 1.16 bits per heavy atom. The zero-order valence-electron chi connectivity index (χ0n) is 18.1. The molecule has 1 aromatic carbocycles.